The third kappa shape index (κ3) is 0.915. The van der Waals surface area contributed by atoms with Crippen LogP contribution >= 0.6 is 0 Å². The Bertz CT molecular complexity index is 200. The summed E-state index contributed by atoms with van der Waals surface area (Å²) in [4.78, 5) is 0. The highest BCUT2D eigenvalue weighted by Crippen LogP contribution is 2.34. The first-order valence-electron chi connectivity index (χ1n) is 4.09. The molecule has 0 spiro atoms. The maximum absolute atomic E-state index is 9.65. The number of piperidine rings is 1. The number of aliphatic hydroxyl groups excluding tert-OH is 3. The zero-order valence-corrected chi connectivity index (χ0v) is 6.51. The summed E-state index contributed by atoms with van der Waals surface area (Å²) in [5, 5.41) is 40.4. The molecule has 0 aromatic heterocycles. The van der Waals surface area contributed by atoms with Crippen molar-refractivity contribution in [2.45, 2.75) is 42.9 Å². The predicted molar refractivity (Wildman–Crippen MR) is 39.1 cm³/mol. The predicted octanol–water partition coefficient (Wildman–Crippen LogP) is -2.48. The van der Waals surface area contributed by atoms with Crippen molar-refractivity contribution in [1.29, 1.82) is 0 Å². The molecular weight excluding hydrogens is 162 g/mol. The molecule has 5 heteroatoms. The molecule has 12 heavy (non-hydrogen) atoms. The summed E-state index contributed by atoms with van der Waals surface area (Å²) in [7, 11) is 0. The molecule has 0 aromatic carbocycles. The van der Waals surface area contributed by atoms with Crippen LogP contribution in [0.3, 0.4) is 0 Å². The maximum Gasteiger partial charge on any atom is 0.145 e. The molecular formula is C7H13NO4. The minimum atomic E-state index is -1.40. The van der Waals surface area contributed by atoms with Gasteiger partial charge in [-0.3, -0.25) is 5.32 Å². The maximum atomic E-state index is 9.65. The molecule has 0 radical (unpaired) electrons. The van der Waals surface area contributed by atoms with Crippen LogP contribution in [-0.4, -0.2) is 50.5 Å². The van der Waals surface area contributed by atoms with E-state index in [1.54, 1.807) is 0 Å². The highest BCUT2D eigenvalue weighted by atomic mass is 16.4. The number of aliphatic hydroxyl groups is 4. The van der Waals surface area contributed by atoms with Crippen LogP contribution in [0.4, 0.5) is 0 Å². The fourth-order valence-corrected chi connectivity index (χ4v) is 2.04. The Labute approximate surface area is 69.6 Å². The van der Waals surface area contributed by atoms with Gasteiger partial charge in [0.05, 0.1) is 6.10 Å². The summed E-state index contributed by atoms with van der Waals surface area (Å²) in [5.41, 5.74) is -1.40. The molecule has 1 unspecified atom stereocenters. The van der Waals surface area contributed by atoms with E-state index in [-0.39, 0.29) is 6.04 Å². The van der Waals surface area contributed by atoms with E-state index in [1.807, 2.05) is 0 Å². The van der Waals surface area contributed by atoms with Crippen LogP contribution in [-0.2, 0) is 0 Å². The summed E-state index contributed by atoms with van der Waals surface area (Å²) < 4.78 is 0. The summed E-state index contributed by atoms with van der Waals surface area (Å²) in [6, 6.07) is -0.298. The quantitative estimate of drug-likeness (QED) is 0.281. The lowest BCUT2D eigenvalue weighted by atomic mass is 9.94. The number of nitrogens with one attached hydrogen (secondary N) is 1. The minimum Gasteiger partial charge on any atom is -0.389 e. The van der Waals surface area contributed by atoms with Crippen LogP contribution in [0, 0.1) is 0 Å². The molecule has 0 aliphatic carbocycles. The molecule has 2 aliphatic rings. The zero-order chi connectivity index (χ0) is 8.93. The van der Waals surface area contributed by atoms with Gasteiger partial charge in [-0.1, -0.05) is 0 Å². The van der Waals surface area contributed by atoms with Gasteiger partial charge in [-0.2, -0.15) is 0 Å². The summed E-state index contributed by atoms with van der Waals surface area (Å²) in [6.45, 7) is 0. The normalized spacial score (nSPS) is 59.0. The van der Waals surface area contributed by atoms with Gasteiger partial charge >= 0.3 is 0 Å². The SMILES string of the molecule is O[C@@H]1[C@H](O)C2CC[C@](O)(N2)[C@H]1O. The molecule has 2 rings (SSSR count). The fourth-order valence-electron chi connectivity index (χ4n) is 2.04. The zero-order valence-electron chi connectivity index (χ0n) is 6.51. The Hall–Kier alpha value is -0.200. The van der Waals surface area contributed by atoms with Crippen LogP contribution in [0.5, 0.6) is 0 Å². The molecule has 2 bridgehead atoms. The van der Waals surface area contributed by atoms with Gasteiger partial charge < -0.3 is 20.4 Å². The van der Waals surface area contributed by atoms with Crippen LogP contribution in [0.15, 0.2) is 0 Å². The first-order valence-corrected chi connectivity index (χ1v) is 4.09. The van der Waals surface area contributed by atoms with Crippen LogP contribution < -0.4 is 5.32 Å². The van der Waals surface area contributed by atoms with E-state index >= 15 is 0 Å². The molecule has 2 fully saturated rings. The highest BCUT2D eigenvalue weighted by molar-refractivity contribution is 5.07. The van der Waals surface area contributed by atoms with Crippen molar-refractivity contribution in [3.05, 3.63) is 0 Å². The van der Waals surface area contributed by atoms with E-state index < -0.39 is 24.0 Å². The van der Waals surface area contributed by atoms with Crippen LogP contribution in [0.25, 0.3) is 0 Å². The fraction of sp³-hybridized carbons (Fsp3) is 1.00. The number of hydrogen-bond donors (Lipinski definition) is 5. The third-order valence-electron chi connectivity index (χ3n) is 2.85. The van der Waals surface area contributed by atoms with Crippen molar-refractivity contribution >= 4 is 0 Å². The first-order chi connectivity index (χ1) is 5.54. The van der Waals surface area contributed by atoms with Crippen LogP contribution in [0.1, 0.15) is 12.8 Å². The van der Waals surface area contributed by atoms with Crippen molar-refractivity contribution in [2.24, 2.45) is 0 Å². The number of rotatable bonds is 0. The van der Waals surface area contributed by atoms with E-state index in [2.05, 4.69) is 5.32 Å². The van der Waals surface area contributed by atoms with Crippen LogP contribution in [0.2, 0.25) is 0 Å². The van der Waals surface area contributed by atoms with Crippen molar-refractivity contribution < 1.29 is 20.4 Å². The average molecular weight is 175 g/mol. The minimum absolute atomic E-state index is 0.298. The van der Waals surface area contributed by atoms with Gasteiger partial charge in [0.25, 0.3) is 0 Å². The Morgan fingerprint density at radius 1 is 1.17 bits per heavy atom. The Morgan fingerprint density at radius 3 is 2.50 bits per heavy atom. The average Bonchev–Trinajstić information content (AvgIpc) is 2.41. The molecule has 5 atom stereocenters. The number of hydrogen-bond acceptors (Lipinski definition) is 5. The van der Waals surface area contributed by atoms with Crippen molar-refractivity contribution in [3.8, 4) is 0 Å². The largest absolute Gasteiger partial charge is 0.389 e. The topological polar surface area (TPSA) is 93.0 Å². The molecule has 2 saturated heterocycles. The first kappa shape index (κ1) is 8.40. The number of fused-ring (bicyclic) bond motifs is 2. The van der Waals surface area contributed by atoms with Gasteiger partial charge in [0.2, 0.25) is 0 Å². The van der Waals surface area contributed by atoms with E-state index in [9.17, 15) is 20.4 Å². The Morgan fingerprint density at radius 2 is 1.83 bits per heavy atom. The van der Waals surface area contributed by atoms with E-state index in [1.165, 1.54) is 0 Å². The molecule has 0 amide bonds. The molecule has 2 aliphatic heterocycles. The van der Waals surface area contributed by atoms with Gasteiger partial charge in [0.1, 0.15) is 17.9 Å². The summed E-state index contributed by atoms with van der Waals surface area (Å²) >= 11 is 0. The molecule has 70 valence electrons. The second-order valence-corrected chi connectivity index (χ2v) is 3.64. The Kier molecular flexibility index (Phi) is 1.68. The third-order valence-corrected chi connectivity index (χ3v) is 2.85. The lowest BCUT2D eigenvalue weighted by Gasteiger charge is -2.40. The lowest BCUT2D eigenvalue weighted by Crippen LogP contribution is -2.67. The van der Waals surface area contributed by atoms with Gasteiger partial charge in [-0.25, -0.2) is 0 Å². The van der Waals surface area contributed by atoms with Crippen molar-refractivity contribution in [3.63, 3.8) is 0 Å². The lowest BCUT2D eigenvalue weighted by molar-refractivity contribution is -0.186. The standard InChI is InChI=1S/C7H13NO4/c9-4-3-1-2-7(12,8-3)6(11)5(4)10/h3-6,8-12H,1-2H2/t3?,4-,5-,6+,7-/m1/s1. The second kappa shape index (κ2) is 2.40. The van der Waals surface area contributed by atoms with E-state index in [0.717, 1.165) is 0 Å². The smallest absolute Gasteiger partial charge is 0.145 e. The van der Waals surface area contributed by atoms with E-state index in [4.69, 9.17) is 0 Å². The molecule has 2 heterocycles. The Balaban J connectivity index is 2.25. The van der Waals surface area contributed by atoms with Gasteiger partial charge in [0, 0.05) is 6.04 Å². The van der Waals surface area contributed by atoms with E-state index in [0.29, 0.717) is 12.8 Å². The molecule has 0 saturated carbocycles. The monoisotopic (exact) mass is 175 g/mol. The van der Waals surface area contributed by atoms with Gasteiger partial charge in [-0.05, 0) is 12.8 Å². The molecule has 5 N–H and O–H groups in total. The molecule has 0 aromatic rings. The van der Waals surface area contributed by atoms with Crippen molar-refractivity contribution in [2.75, 3.05) is 0 Å². The molecule has 5 nitrogen and oxygen atoms in total. The summed E-state index contributed by atoms with van der Waals surface area (Å²) in [5.74, 6) is 0. The van der Waals surface area contributed by atoms with Crippen molar-refractivity contribution in [1.82, 2.24) is 5.32 Å². The summed E-state index contributed by atoms with van der Waals surface area (Å²) in [6.07, 6.45) is -2.59. The van der Waals surface area contributed by atoms with Gasteiger partial charge in [-0.15, -0.1) is 0 Å². The highest BCUT2D eigenvalue weighted by Gasteiger charge is 2.55. The van der Waals surface area contributed by atoms with Gasteiger partial charge in [0.15, 0.2) is 0 Å². The second-order valence-electron chi connectivity index (χ2n) is 3.64.